The van der Waals surface area contributed by atoms with Gasteiger partial charge >= 0.3 is 7.82 Å². The summed E-state index contributed by atoms with van der Waals surface area (Å²) in [5.41, 5.74) is 0. The number of hydrogen-bond donors (Lipinski definition) is 0. The third-order valence-electron chi connectivity index (χ3n) is 4.77. The lowest BCUT2D eigenvalue weighted by Gasteiger charge is -2.30. The van der Waals surface area contributed by atoms with Gasteiger partial charge in [0.25, 0.3) is 0 Å². The average molecular weight is 405 g/mol. The molecular formula is C17H25FNO7P. The Hall–Kier alpha value is -1.12. The molecule has 8 nitrogen and oxygen atoms in total. The van der Waals surface area contributed by atoms with Crippen LogP contribution in [-0.2, 0) is 32.5 Å². The van der Waals surface area contributed by atoms with Crippen molar-refractivity contribution in [3.63, 3.8) is 0 Å². The van der Waals surface area contributed by atoms with E-state index in [2.05, 4.69) is 6.92 Å². The Bertz CT molecular complexity index is 655. The number of carbonyl (C=O) groups is 2. The number of phosphoric acid groups is 1. The van der Waals surface area contributed by atoms with E-state index in [9.17, 15) is 18.5 Å². The molecule has 3 rings (SSSR count). The number of ketones is 1. The largest absolute Gasteiger partial charge is 0.475 e. The van der Waals surface area contributed by atoms with E-state index >= 15 is 0 Å². The Morgan fingerprint density at radius 3 is 2.81 bits per heavy atom. The molecule has 0 aromatic heterocycles. The summed E-state index contributed by atoms with van der Waals surface area (Å²) in [4.78, 5) is 24.3. The zero-order valence-corrected chi connectivity index (χ0v) is 16.2. The van der Waals surface area contributed by atoms with Crippen molar-refractivity contribution >= 4 is 19.5 Å². The molecule has 0 aromatic rings. The molecule has 3 heterocycles. The molecule has 0 N–H and O–H groups in total. The zero-order chi connectivity index (χ0) is 19.4. The third kappa shape index (κ3) is 5.03. The molecule has 2 saturated heterocycles. The lowest BCUT2D eigenvalue weighted by molar-refractivity contribution is -0.146. The van der Waals surface area contributed by atoms with E-state index in [4.69, 9.17) is 18.3 Å². The second kappa shape index (κ2) is 8.92. The first kappa shape index (κ1) is 20.6. The number of hydrogen-bond acceptors (Lipinski definition) is 7. The highest BCUT2D eigenvalue weighted by Crippen LogP contribution is 2.56. The Morgan fingerprint density at radius 1 is 1.26 bits per heavy atom. The third-order valence-corrected chi connectivity index (χ3v) is 6.26. The Kier molecular flexibility index (Phi) is 6.81. The monoisotopic (exact) mass is 405 g/mol. The maximum Gasteiger partial charge on any atom is 0.475 e. The fraction of sp³-hybridized carbons (Fsp3) is 0.765. The van der Waals surface area contributed by atoms with Gasteiger partial charge in [-0.1, -0.05) is 32.6 Å². The number of unbranched alkanes of at least 4 members (excludes halogenated alkanes) is 4. The smallest absolute Gasteiger partial charge is 0.349 e. The van der Waals surface area contributed by atoms with Gasteiger partial charge in [-0.25, -0.2) is 8.96 Å². The normalized spacial score (nSPS) is 33.9. The summed E-state index contributed by atoms with van der Waals surface area (Å²) in [6, 6.07) is 0. The number of rotatable bonds is 8. The van der Waals surface area contributed by atoms with Crippen molar-refractivity contribution in [3.8, 4) is 0 Å². The number of allylic oxidation sites excluding steroid dienone is 1. The van der Waals surface area contributed by atoms with Crippen LogP contribution in [0.5, 0.6) is 0 Å². The molecule has 0 saturated carbocycles. The Morgan fingerprint density at radius 2 is 2.04 bits per heavy atom. The van der Waals surface area contributed by atoms with Crippen LogP contribution in [0.15, 0.2) is 12.0 Å². The van der Waals surface area contributed by atoms with Crippen LogP contribution >= 0.6 is 7.82 Å². The molecule has 3 aliphatic rings. The standard InChI is InChI=1S/C17H25FNO7P/c1-2-3-4-5-6-7-23-27(22)24-11-15-14(26-27)9-17(25-15)19-10-12(18)13(20)8-16(19)21/h10,14-15,17H,2-9,11H2,1H3/t14-,15+,17+,27?/m0/s1. The van der Waals surface area contributed by atoms with Gasteiger partial charge in [0.15, 0.2) is 5.83 Å². The predicted octanol–water partition coefficient (Wildman–Crippen LogP) is 3.22. The molecule has 1 unspecified atom stereocenters. The van der Waals surface area contributed by atoms with Gasteiger partial charge < -0.3 is 4.74 Å². The van der Waals surface area contributed by atoms with Crippen LogP contribution in [0.25, 0.3) is 0 Å². The molecule has 3 aliphatic heterocycles. The van der Waals surface area contributed by atoms with Crippen LogP contribution in [0.4, 0.5) is 4.39 Å². The summed E-state index contributed by atoms with van der Waals surface area (Å²) < 4.78 is 47.9. The summed E-state index contributed by atoms with van der Waals surface area (Å²) in [5, 5.41) is 0. The maximum atomic E-state index is 13.5. The minimum atomic E-state index is -3.67. The first-order valence-corrected chi connectivity index (χ1v) is 10.8. The Labute approximate surface area is 157 Å². The number of ether oxygens (including phenoxy) is 1. The summed E-state index contributed by atoms with van der Waals surface area (Å²) >= 11 is 0. The lowest BCUT2D eigenvalue weighted by Crippen LogP contribution is -2.40. The molecule has 27 heavy (non-hydrogen) atoms. The zero-order valence-electron chi connectivity index (χ0n) is 15.3. The molecule has 4 atom stereocenters. The van der Waals surface area contributed by atoms with Crippen LogP contribution < -0.4 is 0 Å². The second-order valence-corrected chi connectivity index (χ2v) is 8.50. The van der Waals surface area contributed by atoms with E-state index in [1.54, 1.807) is 0 Å². The van der Waals surface area contributed by atoms with Gasteiger partial charge in [0.2, 0.25) is 11.7 Å². The number of carbonyl (C=O) groups excluding carboxylic acids is 2. The maximum absolute atomic E-state index is 13.5. The average Bonchev–Trinajstić information content (AvgIpc) is 3.03. The number of nitrogens with zero attached hydrogens (tertiary/aromatic N) is 1. The summed E-state index contributed by atoms with van der Waals surface area (Å²) in [5.74, 6) is -2.37. The summed E-state index contributed by atoms with van der Waals surface area (Å²) in [6.07, 6.45) is 3.75. The van der Waals surface area contributed by atoms with Gasteiger partial charge in [-0.05, 0) is 6.42 Å². The van der Waals surface area contributed by atoms with E-state index in [0.29, 0.717) is 0 Å². The molecule has 0 radical (unpaired) electrons. The summed E-state index contributed by atoms with van der Waals surface area (Å²) in [6.45, 7) is 2.41. The van der Waals surface area contributed by atoms with Gasteiger partial charge in [-0.2, -0.15) is 0 Å². The predicted molar refractivity (Wildman–Crippen MR) is 92.1 cm³/mol. The minimum absolute atomic E-state index is 0.00143. The molecular weight excluding hydrogens is 380 g/mol. The van der Waals surface area contributed by atoms with E-state index in [-0.39, 0.29) is 19.6 Å². The fourth-order valence-corrected chi connectivity index (χ4v) is 4.70. The molecule has 0 aromatic carbocycles. The number of amides is 1. The molecule has 2 fully saturated rings. The second-order valence-electron chi connectivity index (χ2n) is 6.88. The van der Waals surface area contributed by atoms with Crippen molar-refractivity contribution in [2.45, 2.75) is 70.3 Å². The van der Waals surface area contributed by atoms with Gasteiger partial charge in [-0.15, -0.1) is 0 Å². The topological polar surface area (TPSA) is 91.4 Å². The van der Waals surface area contributed by atoms with Gasteiger partial charge in [0, 0.05) is 12.6 Å². The molecule has 152 valence electrons. The quantitative estimate of drug-likeness (QED) is 0.348. The lowest BCUT2D eigenvalue weighted by atomic mass is 10.1. The molecule has 0 aliphatic carbocycles. The van der Waals surface area contributed by atoms with E-state index in [0.717, 1.165) is 43.2 Å². The van der Waals surface area contributed by atoms with Crippen molar-refractivity contribution in [3.05, 3.63) is 12.0 Å². The van der Waals surface area contributed by atoms with Crippen molar-refractivity contribution in [2.24, 2.45) is 0 Å². The van der Waals surface area contributed by atoms with Crippen molar-refractivity contribution < 1.29 is 36.9 Å². The SMILES string of the molecule is CCCCCCCOP1(=O)OC[C@H]2O[C@@H](N3C=C(F)C(=O)CC3=O)C[C@@H]2O1. The molecule has 0 spiro atoms. The van der Waals surface area contributed by atoms with Crippen LogP contribution in [0, 0.1) is 0 Å². The Balaban J connectivity index is 1.51. The first-order chi connectivity index (χ1) is 12.9. The van der Waals surface area contributed by atoms with E-state index < -0.39 is 50.2 Å². The van der Waals surface area contributed by atoms with Gasteiger partial charge in [0.1, 0.15) is 18.4 Å². The number of phosphoric ester groups is 1. The summed E-state index contributed by atoms with van der Waals surface area (Å²) in [7, 11) is -3.67. The highest BCUT2D eigenvalue weighted by Gasteiger charge is 2.49. The van der Waals surface area contributed by atoms with Crippen LogP contribution in [-0.4, -0.2) is 48.2 Å². The van der Waals surface area contributed by atoms with Gasteiger partial charge in [-0.3, -0.25) is 28.1 Å². The van der Waals surface area contributed by atoms with E-state index in [1.807, 2.05) is 0 Å². The number of Topliss-reactive ketones (excluding diaryl/α,β-unsaturated/α-hetero) is 1. The van der Waals surface area contributed by atoms with Crippen LogP contribution in [0.1, 0.15) is 51.9 Å². The number of halogens is 1. The van der Waals surface area contributed by atoms with Gasteiger partial charge in [0.05, 0.1) is 19.6 Å². The van der Waals surface area contributed by atoms with Crippen molar-refractivity contribution in [1.29, 1.82) is 0 Å². The van der Waals surface area contributed by atoms with E-state index in [1.165, 1.54) is 0 Å². The van der Waals surface area contributed by atoms with Crippen LogP contribution in [0.2, 0.25) is 0 Å². The van der Waals surface area contributed by atoms with Crippen molar-refractivity contribution in [1.82, 2.24) is 4.90 Å². The minimum Gasteiger partial charge on any atom is -0.349 e. The highest BCUT2D eigenvalue weighted by molar-refractivity contribution is 7.48. The number of fused-ring (bicyclic) bond motifs is 1. The van der Waals surface area contributed by atoms with Crippen molar-refractivity contribution in [2.75, 3.05) is 13.2 Å². The first-order valence-electron chi connectivity index (χ1n) is 9.36. The molecule has 1 amide bonds. The molecule has 10 heteroatoms. The highest BCUT2D eigenvalue weighted by atomic mass is 31.2. The fourth-order valence-electron chi connectivity index (χ4n) is 3.27. The molecule has 0 bridgehead atoms. The van der Waals surface area contributed by atoms with Crippen LogP contribution in [0.3, 0.4) is 0 Å².